The number of aromatic nitrogens is 2. The van der Waals surface area contributed by atoms with E-state index in [4.69, 9.17) is 0 Å². The highest BCUT2D eigenvalue weighted by Crippen LogP contribution is 2.28. The molecule has 2 aromatic carbocycles. The fourth-order valence-electron chi connectivity index (χ4n) is 6.87. The van der Waals surface area contributed by atoms with Gasteiger partial charge in [0.1, 0.15) is 17.8 Å². The molecule has 0 radical (unpaired) electrons. The van der Waals surface area contributed by atoms with Crippen LogP contribution in [-0.2, 0) is 34.4 Å². The molecule has 0 unspecified atom stereocenters. The third-order valence-corrected chi connectivity index (χ3v) is 9.86. The van der Waals surface area contributed by atoms with Crippen LogP contribution in [-0.4, -0.2) is 81.5 Å². The number of piperazine rings is 1. The molecule has 3 N–H and O–H groups in total. The van der Waals surface area contributed by atoms with E-state index >= 15 is 0 Å². The lowest BCUT2D eigenvalue weighted by Gasteiger charge is -2.36. The molecule has 1 saturated heterocycles. The maximum atomic E-state index is 13.6. The zero-order chi connectivity index (χ0) is 35.5. The van der Waals surface area contributed by atoms with Gasteiger partial charge in [0.15, 0.2) is 0 Å². The average Bonchev–Trinajstić information content (AvgIpc) is 3.59. The van der Waals surface area contributed by atoms with Crippen LogP contribution in [0.25, 0.3) is 0 Å². The number of nitrogens with one attached hydrogen (secondary N) is 3. The SMILES string of the molecule is CCC(=O)N[C@H](CCc1ccc(NC(=O)[C@@H](NC(=O)c2ccnn2C)C2CCCCC2)cc1)C(=O)N1CCN(Cc2ccccc2C#N)CC1. The second kappa shape index (κ2) is 17.6. The van der Waals surface area contributed by atoms with Crippen LogP contribution in [0.4, 0.5) is 5.69 Å². The van der Waals surface area contributed by atoms with Gasteiger partial charge in [0, 0.05) is 58.1 Å². The van der Waals surface area contributed by atoms with Gasteiger partial charge in [-0.1, -0.05) is 56.5 Å². The molecular weight excluding hydrogens is 632 g/mol. The third-order valence-electron chi connectivity index (χ3n) is 9.86. The average molecular weight is 681 g/mol. The largest absolute Gasteiger partial charge is 0.344 e. The molecule has 2 fully saturated rings. The number of nitriles is 1. The summed E-state index contributed by atoms with van der Waals surface area (Å²) in [6.45, 7) is 4.88. The molecule has 3 aromatic rings. The number of amides is 4. The first-order valence-electron chi connectivity index (χ1n) is 17.7. The molecule has 1 aliphatic carbocycles. The molecule has 1 saturated carbocycles. The van der Waals surface area contributed by atoms with Gasteiger partial charge in [0.05, 0.1) is 11.6 Å². The monoisotopic (exact) mass is 680 g/mol. The molecule has 2 aliphatic rings. The molecule has 264 valence electrons. The Kier molecular flexibility index (Phi) is 12.8. The third kappa shape index (κ3) is 9.57. The lowest BCUT2D eigenvalue weighted by Crippen LogP contribution is -2.54. The zero-order valence-corrected chi connectivity index (χ0v) is 29.1. The van der Waals surface area contributed by atoms with Crippen molar-refractivity contribution in [3.63, 3.8) is 0 Å². The van der Waals surface area contributed by atoms with Crippen molar-refractivity contribution < 1.29 is 19.2 Å². The topological polar surface area (TPSA) is 152 Å². The van der Waals surface area contributed by atoms with Crippen LogP contribution in [0.5, 0.6) is 0 Å². The first kappa shape index (κ1) is 36.3. The van der Waals surface area contributed by atoms with E-state index in [-0.39, 0.29) is 36.0 Å². The summed E-state index contributed by atoms with van der Waals surface area (Å²) in [6.07, 6.45) is 7.79. The minimum absolute atomic E-state index is 0.0521. The summed E-state index contributed by atoms with van der Waals surface area (Å²) in [5, 5.41) is 22.4. The summed E-state index contributed by atoms with van der Waals surface area (Å²) < 4.78 is 1.50. The molecule has 2 atom stereocenters. The molecule has 50 heavy (non-hydrogen) atoms. The van der Waals surface area contributed by atoms with E-state index in [1.54, 1.807) is 26.2 Å². The fourth-order valence-corrected chi connectivity index (χ4v) is 6.87. The zero-order valence-electron chi connectivity index (χ0n) is 29.1. The Morgan fingerprint density at radius 3 is 2.32 bits per heavy atom. The van der Waals surface area contributed by atoms with Gasteiger partial charge >= 0.3 is 0 Å². The Labute approximate surface area is 294 Å². The second-order valence-corrected chi connectivity index (χ2v) is 13.3. The van der Waals surface area contributed by atoms with Crippen LogP contribution in [0.2, 0.25) is 0 Å². The van der Waals surface area contributed by atoms with Crippen LogP contribution in [0.3, 0.4) is 0 Å². The van der Waals surface area contributed by atoms with E-state index in [0.717, 1.165) is 43.2 Å². The van der Waals surface area contributed by atoms with Crippen molar-refractivity contribution in [3.05, 3.63) is 83.2 Å². The summed E-state index contributed by atoms with van der Waals surface area (Å²) >= 11 is 0. The van der Waals surface area contributed by atoms with E-state index in [1.165, 1.54) is 4.68 Å². The number of aryl methyl sites for hydroxylation is 2. The molecule has 1 aromatic heterocycles. The Bertz CT molecular complexity index is 1670. The first-order valence-corrected chi connectivity index (χ1v) is 17.7. The Balaban J connectivity index is 1.16. The van der Waals surface area contributed by atoms with Gasteiger partial charge in [0.2, 0.25) is 17.7 Å². The van der Waals surface area contributed by atoms with Crippen LogP contribution < -0.4 is 16.0 Å². The minimum Gasteiger partial charge on any atom is -0.344 e. The highest BCUT2D eigenvalue weighted by molar-refractivity contribution is 6.00. The van der Waals surface area contributed by atoms with E-state index < -0.39 is 12.1 Å². The Morgan fingerprint density at radius 2 is 1.66 bits per heavy atom. The number of carbonyl (C=O) groups excluding carboxylic acids is 4. The standard InChI is InChI=1S/C38H48N8O4/c1-3-34(47)42-32(38(50)46-23-21-45(22-24-46)26-30-12-8-7-11-29(30)25-39)18-15-27-13-16-31(17-14-27)41-37(49)35(28-9-5-4-6-10-28)43-36(48)33-19-20-40-44(33)2/h7-8,11-14,16-17,19-20,28,32,35H,3-6,9-10,15,18,21-24,26H2,1-2H3,(H,41,49)(H,42,47)(H,43,48)/t32-,35+/m1/s1. The molecule has 1 aliphatic heterocycles. The fraction of sp³-hybridized carbons (Fsp3) is 0.474. The van der Waals surface area contributed by atoms with E-state index in [2.05, 4.69) is 32.0 Å². The van der Waals surface area contributed by atoms with Gasteiger partial charge in [-0.3, -0.25) is 28.8 Å². The van der Waals surface area contributed by atoms with Crippen LogP contribution >= 0.6 is 0 Å². The van der Waals surface area contributed by atoms with Crippen molar-refractivity contribution in [2.45, 2.75) is 76.9 Å². The molecule has 4 amide bonds. The van der Waals surface area contributed by atoms with Crippen molar-refractivity contribution in [2.75, 3.05) is 31.5 Å². The van der Waals surface area contributed by atoms with E-state index in [0.29, 0.717) is 62.5 Å². The van der Waals surface area contributed by atoms with E-state index in [1.807, 2.05) is 53.4 Å². The summed E-state index contributed by atoms with van der Waals surface area (Å²) in [5.74, 6) is -0.779. The van der Waals surface area contributed by atoms with Crippen molar-refractivity contribution in [3.8, 4) is 6.07 Å². The van der Waals surface area contributed by atoms with Crippen molar-refractivity contribution in [1.82, 2.24) is 30.2 Å². The lowest BCUT2D eigenvalue weighted by atomic mass is 9.83. The number of rotatable bonds is 13. The van der Waals surface area contributed by atoms with Gasteiger partial charge < -0.3 is 20.9 Å². The second-order valence-electron chi connectivity index (χ2n) is 13.3. The highest BCUT2D eigenvalue weighted by Gasteiger charge is 2.32. The van der Waals surface area contributed by atoms with Gasteiger partial charge in [0.25, 0.3) is 5.91 Å². The molecule has 12 nitrogen and oxygen atoms in total. The minimum atomic E-state index is -0.665. The number of nitrogens with zero attached hydrogens (tertiary/aromatic N) is 5. The van der Waals surface area contributed by atoms with Gasteiger partial charge in [-0.2, -0.15) is 10.4 Å². The maximum absolute atomic E-state index is 13.6. The van der Waals surface area contributed by atoms with Gasteiger partial charge in [-0.15, -0.1) is 0 Å². The number of benzene rings is 2. The van der Waals surface area contributed by atoms with Crippen molar-refractivity contribution >= 4 is 29.3 Å². The highest BCUT2D eigenvalue weighted by atomic mass is 16.2. The summed E-state index contributed by atoms with van der Waals surface area (Å²) in [7, 11) is 1.70. The first-order chi connectivity index (χ1) is 24.2. The normalized spacial score (nSPS) is 16.5. The molecule has 0 bridgehead atoms. The molecule has 12 heteroatoms. The van der Waals surface area contributed by atoms with Crippen LogP contribution in [0.1, 0.15) is 79.0 Å². The predicted octanol–water partition coefficient (Wildman–Crippen LogP) is 3.78. The summed E-state index contributed by atoms with van der Waals surface area (Å²) in [4.78, 5) is 56.7. The summed E-state index contributed by atoms with van der Waals surface area (Å²) in [6, 6.07) is 17.6. The maximum Gasteiger partial charge on any atom is 0.270 e. The predicted molar refractivity (Wildman–Crippen MR) is 190 cm³/mol. The Morgan fingerprint density at radius 1 is 0.940 bits per heavy atom. The van der Waals surface area contributed by atoms with Crippen LogP contribution in [0, 0.1) is 17.2 Å². The van der Waals surface area contributed by atoms with Gasteiger partial charge in [-0.05, 0) is 67.0 Å². The smallest absolute Gasteiger partial charge is 0.270 e. The number of anilines is 1. The van der Waals surface area contributed by atoms with E-state index in [9.17, 15) is 24.4 Å². The van der Waals surface area contributed by atoms with Crippen LogP contribution in [0.15, 0.2) is 60.8 Å². The van der Waals surface area contributed by atoms with Crippen molar-refractivity contribution in [2.24, 2.45) is 13.0 Å². The number of hydrogen-bond acceptors (Lipinski definition) is 7. The molecule has 0 spiro atoms. The quantitative estimate of drug-likeness (QED) is 0.249. The lowest BCUT2D eigenvalue weighted by molar-refractivity contribution is -0.138. The molecule has 2 heterocycles. The van der Waals surface area contributed by atoms with Gasteiger partial charge in [-0.25, -0.2) is 0 Å². The summed E-state index contributed by atoms with van der Waals surface area (Å²) in [5.41, 5.74) is 3.63. The number of hydrogen-bond donors (Lipinski definition) is 3. The number of carbonyl (C=O) groups is 4. The molecule has 5 rings (SSSR count). The molecular formula is C38H48N8O4. The Hall–Kier alpha value is -5.02. The van der Waals surface area contributed by atoms with Crippen molar-refractivity contribution in [1.29, 1.82) is 5.26 Å².